The van der Waals surface area contributed by atoms with Crippen molar-refractivity contribution in [3.63, 3.8) is 0 Å². The largest absolute Gasteiger partial charge is 0.496 e. The van der Waals surface area contributed by atoms with Gasteiger partial charge in [-0.1, -0.05) is 12.1 Å². The molecule has 0 radical (unpaired) electrons. The van der Waals surface area contributed by atoms with Gasteiger partial charge in [0.05, 0.1) is 32.4 Å². The molecular weight excluding hydrogens is 376 g/mol. The third kappa shape index (κ3) is 4.07. The van der Waals surface area contributed by atoms with Crippen LogP contribution in [-0.4, -0.2) is 52.0 Å². The molecule has 2 heterocycles. The first-order chi connectivity index (χ1) is 12.5. The lowest BCUT2D eigenvalue weighted by molar-refractivity contribution is 0.0731. The Bertz CT molecular complexity index is 873. The molecule has 1 aromatic carbocycles. The van der Waals surface area contributed by atoms with Gasteiger partial charge in [0, 0.05) is 18.0 Å². The molecule has 26 heavy (non-hydrogen) atoms. The summed E-state index contributed by atoms with van der Waals surface area (Å²) in [5.41, 5.74) is 0.438. The molecule has 1 aliphatic heterocycles. The number of methoxy groups -OCH3 is 1. The van der Waals surface area contributed by atoms with Crippen molar-refractivity contribution in [2.75, 3.05) is 33.4 Å². The van der Waals surface area contributed by atoms with E-state index in [2.05, 4.69) is 5.32 Å². The monoisotopic (exact) mass is 396 g/mol. The lowest BCUT2D eigenvalue weighted by Crippen LogP contribution is -2.40. The van der Waals surface area contributed by atoms with E-state index in [4.69, 9.17) is 9.47 Å². The SMILES string of the molecule is COc1ccccc1C(=O)NCc1ccc(S(=O)(=O)N2CCOCC2)s1. The van der Waals surface area contributed by atoms with Crippen LogP contribution < -0.4 is 10.1 Å². The van der Waals surface area contributed by atoms with E-state index < -0.39 is 10.0 Å². The van der Waals surface area contributed by atoms with Gasteiger partial charge in [-0.2, -0.15) is 4.31 Å². The van der Waals surface area contributed by atoms with Crippen LogP contribution in [0.5, 0.6) is 5.75 Å². The lowest BCUT2D eigenvalue weighted by Gasteiger charge is -2.25. The van der Waals surface area contributed by atoms with Gasteiger partial charge in [-0.3, -0.25) is 4.79 Å². The maximum absolute atomic E-state index is 12.6. The summed E-state index contributed by atoms with van der Waals surface area (Å²) in [5.74, 6) is 0.222. The zero-order chi connectivity index (χ0) is 18.6. The zero-order valence-electron chi connectivity index (χ0n) is 14.3. The molecular formula is C17H20N2O5S2. The fourth-order valence-corrected chi connectivity index (χ4v) is 5.46. The van der Waals surface area contributed by atoms with Crippen LogP contribution in [0.3, 0.4) is 0 Å². The lowest BCUT2D eigenvalue weighted by atomic mass is 10.2. The summed E-state index contributed by atoms with van der Waals surface area (Å²) >= 11 is 1.16. The zero-order valence-corrected chi connectivity index (χ0v) is 15.9. The van der Waals surface area contributed by atoms with Gasteiger partial charge in [0.15, 0.2) is 0 Å². The Balaban J connectivity index is 1.66. The normalized spacial score (nSPS) is 15.6. The number of thiophene rings is 1. The van der Waals surface area contributed by atoms with Crippen molar-refractivity contribution in [3.05, 3.63) is 46.8 Å². The second-order valence-electron chi connectivity index (χ2n) is 5.62. The summed E-state index contributed by atoms with van der Waals surface area (Å²) in [5, 5.41) is 2.80. The first-order valence-corrected chi connectivity index (χ1v) is 10.4. The molecule has 2 aromatic rings. The highest BCUT2D eigenvalue weighted by atomic mass is 32.2. The summed E-state index contributed by atoms with van der Waals surface area (Å²) < 4.78 is 37.3. The predicted octanol–water partition coefficient (Wildman–Crippen LogP) is 1.71. The second kappa shape index (κ2) is 8.17. The highest BCUT2D eigenvalue weighted by Crippen LogP contribution is 2.26. The fraction of sp³-hybridized carbons (Fsp3) is 0.353. The topological polar surface area (TPSA) is 84.9 Å². The average molecular weight is 396 g/mol. The van der Waals surface area contributed by atoms with Crippen LogP contribution in [0, 0.1) is 0 Å². The Morgan fingerprint density at radius 2 is 1.96 bits per heavy atom. The Hall–Kier alpha value is -1.94. The molecule has 9 heteroatoms. The number of morpholine rings is 1. The second-order valence-corrected chi connectivity index (χ2v) is 8.95. The quantitative estimate of drug-likeness (QED) is 0.804. The van der Waals surface area contributed by atoms with Gasteiger partial charge in [0.25, 0.3) is 15.9 Å². The maximum atomic E-state index is 12.6. The van der Waals surface area contributed by atoms with E-state index in [1.807, 2.05) is 0 Å². The number of amides is 1. The number of hydrogen-bond donors (Lipinski definition) is 1. The van der Waals surface area contributed by atoms with E-state index in [1.165, 1.54) is 11.4 Å². The number of nitrogens with one attached hydrogen (secondary N) is 1. The number of rotatable bonds is 6. The number of hydrogen-bond acceptors (Lipinski definition) is 6. The van der Waals surface area contributed by atoms with E-state index in [9.17, 15) is 13.2 Å². The van der Waals surface area contributed by atoms with Crippen LogP contribution in [0.15, 0.2) is 40.6 Å². The van der Waals surface area contributed by atoms with Crippen molar-refractivity contribution in [1.82, 2.24) is 9.62 Å². The van der Waals surface area contributed by atoms with E-state index in [0.717, 1.165) is 16.2 Å². The highest BCUT2D eigenvalue weighted by Gasteiger charge is 2.27. The molecule has 0 unspecified atom stereocenters. The highest BCUT2D eigenvalue weighted by molar-refractivity contribution is 7.91. The molecule has 0 saturated carbocycles. The number of ether oxygens (including phenoxy) is 2. The van der Waals surface area contributed by atoms with Crippen LogP contribution in [0.2, 0.25) is 0 Å². The molecule has 0 spiro atoms. The van der Waals surface area contributed by atoms with E-state index in [0.29, 0.717) is 37.6 Å². The Kier molecular flexibility index (Phi) is 5.92. The van der Waals surface area contributed by atoms with E-state index in [-0.39, 0.29) is 16.7 Å². The number of carbonyl (C=O) groups is 1. The molecule has 3 rings (SSSR count). The van der Waals surface area contributed by atoms with Gasteiger partial charge in [-0.15, -0.1) is 11.3 Å². The third-order valence-corrected chi connectivity index (χ3v) is 7.43. The van der Waals surface area contributed by atoms with Crippen LogP contribution in [-0.2, 0) is 21.3 Å². The predicted molar refractivity (Wildman–Crippen MR) is 98.1 cm³/mol. The Labute approximate surface area is 156 Å². The number of sulfonamides is 1. The van der Waals surface area contributed by atoms with Gasteiger partial charge in [-0.25, -0.2) is 8.42 Å². The van der Waals surface area contributed by atoms with Crippen molar-refractivity contribution in [2.24, 2.45) is 0 Å². The molecule has 140 valence electrons. The molecule has 0 aliphatic carbocycles. The minimum Gasteiger partial charge on any atom is -0.496 e. The molecule has 0 atom stereocenters. The van der Waals surface area contributed by atoms with Gasteiger partial charge in [0.1, 0.15) is 9.96 Å². The first kappa shape index (κ1) is 18.8. The molecule has 0 bridgehead atoms. The fourth-order valence-electron chi connectivity index (χ4n) is 2.60. The molecule has 1 amide bonds. The van der Waals surface area contributed by atoms with Gasteiger partial charge in [-0.05, 0) is 24.3 Å². The van der Waals surface area contributed by atoms with E-state index >= 15 is 0 Å². The van der Waals surface area contributed by atoms with Crippen molar-refractivity contribution in [2.45, 2.75) is 10.8 Å². The standard InChI is InChI=1S/C17H20N2O5S2/c1-23-15-5-3-2-4-14(15)17(20)18-12-13-6-7-16(25-13)26(21,22)19-8-10-24-11-9-19/h2-7H,8-12H2,1H3,(H,18,20). The number of benzene rings is 1. The summed E-state index contributed by atoms with van der Waals surface area (Å²) in [6.45, 7) is 1.79. The molecule has 1 aliphatic rings. The summed E-state index contributed by atoms with van der Waals surface area (Å²) in [6.07, 6.45) is 0. The summed E-state index contributed by atoms with van der Waals surface area (Å²) in [4.78, 5) is 13.1. The van der Waals surface area contributed by atoms with Gasteiger partial charge < -0.3 is 14.8 Å². The van der Waals surface area contributed by atoms with Crippen LogP contribution in [0.4, 0.5) is 0 Å². The first-order valence-electron chi connectivity index (χ1n) is 8.10. The smallest absolute Gasteiger partial charge is 0.255 e. The Morgan fingerprint density at radius 1 is 1.23 bits per heavy atom. The maximum Gasteiger partial charge on any atom is 0.255 e. The minimum atomic E-state index is -3.50. The molecule has 1 saturated heterocycles. The molecule has 1 fully saturated rings. The summed E-state index contributed by atoms with van der Waals surface area (Å²) in [6, 6.07) is 10.2. The van der Waals surface area contributed by atoms with Gasteiger partial charge in [0.2, 0.25) is 0 Å². The number of nitrogens with zero attached hydrogens (tertiary/aromatic N) is 1. The number of carbonyl (C=O) groups excluding carboxylic acids is 1. The van der Waals surface area contributed by atoms with Crippen molar-refractivity contribution < 1.29 is 22.7 Å². The molecule has 1 N–H and O–H groups in total. The molecule has 7 nitrogen and oxygen atoms in total. The van der Waals surface area contributed by atoms with Crippen molar-refractivity contribution >= 4 is 27.3 Å². The Morgan fingerprint density at radius 3 is 2.69 bits per heavy atom. The van der Waals surface area contributed by atoms with Crippen LogP contribution in [0.25, 0.3) is 0 Å². The van der Waals surface area contributed by atoms with Crippen molar-refractivity contribution in [3.8, 4) is 5.75 Å². The third-order valence-electron chi connectivity index (χ3n) is 3.98. The van der Waals surface area contributed by atoms with Gasteiger partial charge >= 0.3 is 0 Å². The average Bonchev–Trinajstić information content (AvgIpc) is 3.16. The minimum absolute atomic E-state index is 0.250. The van der Waals surface area contributed by atoms with Crippen LogP contribution >= 0.6 is 11.3 Å². The molecule has 1 aromatic heterocycles. The van der Waals surface area contributed by atoms with E-state index in [1.54, 1.807) is 36.4 Å². The van der Waals surface area contributed by atoms with Crippen LogP contribution in [0.1, 0.15) is 15.2 Å². The number of para-hydroxylation sites is 1. The summed E-state index contributed by atoms with van der Waals surface area (Å²) in [7, 11) is -2.00. The van der Waals surface area contributed by atoms with Crippen molar-refractivity contribution in [1.29, 1.82) is 0 Å².